The molecule has 2 aromatic rings. The van der Waals surface area contributed by atoms with E-state index in [0.717, 1.165) is 35.5 Å². The minimum absolute atomic E-state index is 0.115. The third-order valence-corrected chi connectivity index (χ3v) is 5.00. The third kappa shape index (κ3) is 3.44. The van der Waals surface area contributed by atoms with E-state index in [9.17, 15) is 4.39 Å². The number of aliphatic imine (C=N–C) groups is 1. The zero-order chi connectivity index (χ0) is 18.9. The number of nitrogens with zero attached hydrogens (tertiary/aromatic N) is 2. The molecular weight excluding hydrogens is 323 g/mol. The van der Waals surface area contributed by atoms with Crippen LogP contribution >= 0.6 is 0 Å². The molecule has 1 aliphatic rings. The molecule has 1 aliphatic heterocycles. The minimum Gasteiger partial charge on any atom is -0.362 e. The highest BCUT2D eigenvalue weighted by molar-refractivity contribution is 5.89. The maximum absolute atomic E-state index is 14.8. The first-order valence-corrected chi connectivity index (χ1v) is 9.24. The van der Waals surface area contributed by atoms with Crippen molar-refractivity contribution in [3.05, 3.63) is 65.0 Å². The van der Waals surface area contributed by atoms with Gasteiger partial charge in [0, 0.05) is 29.6 Å². The zero-order valence-electron chi connectivity index (χ0n) is 16.3. The second kappa shape index (κ2) is 7.06. The Morgan fingerprint density at radius 3 is 2.58 bits per heavy atom. The molecular formula is C23H27FN2. The lowest BCUT2D eigenvalue weighted by molar-refractivity contribution is 0.546. The first-order chi connectivity index (χ1) is 12.3. The molecule has 0 N–H and O–H groups in total. The summed E-state index contributed by atoms with van der Waals surface area (Å²) < 4.78 is 14.8. The van der Waals surface area contributed by atoms with Crippen LogP contribution in [-0.4, -0.2) is 18.3 Å². The van der Waals surface area contributed by atoms with Crippen LogP contribution in [0.5, 0.6) is 0 Å². The van der Waals surface area contributed by atoms with E-state index in [1.54, 1.807) is 12.3 Å². The molecule has 3 rings (SSSR count). The molecule has 0 saturated heterocycles. The number of benzene rings is 2. The van der Waals surface area contributed by atoms with Gasteiger partial charge in [0.05, 0.1) is 11.2 Å². The molecule has 26 heavy (non-hydrogen) atoms. The average Bonchev–Trinajstić information content (AvgIpc) is 2.58. The maximum Gasteiger partial charge on any atom is 0.134 e. The van der Waals surface area contributed by atoms with E-state index in [4.69, 9.17) is 0 Å². The van der Waals surface area contributed by atoms with Gasteiger partial charge >= 0.3 is 0 Å². The summed E-state index contributed by atoms with van der Waals surface area (Å²) in [6, 6.07) is 11.5. The van der Waals surface area contributed by atoms with Crippen LogP contribution in [0.3, 0.4) is 0 Å². The van der Waals surface area contributed by atoms with Gasteiger partial charge in [0.15, 0.2) is 0 Å². The van der Waals surface area contributed by atoms with Gasteiger partial charge < -0.3 is 4.90 Å². The van der Waals surface area contributed by atoms with E-state index < -0.39 is 0 Å². The smallest absolute Gasteiger partial charge is 0.134 e. The number of anilines is 1. The van der Waals surface area contributed by atoms with Crippen molar-refractivity contribution in [2.45, 2.75) is 46.6 Å². The Bertz CT molecular complexity index is 878. The van der Waals surface area contributed by atoms with Gasteiger partial charge in [-0.1, -0.05) is 31.2 Å². The first-order valence-electron chi connectivity index (χ1n) is 9.24. The van der Waals surface area contributed by atoms with Crippen molar-refractivity contribution >= 4 is 23.2 Å². The van der Waals surface area contributed by atoms with Crippen molar-refractivity contribution in [3.63, 3.8) is 0 Å². The van der Waals surface area contributed by atoms with Crippen molar-refractivity contribution in [3.8, 4) is 0 Å². The van der Waals surface area contributed by atoms with Gasteiger partial charge in [-0.3, -0.25) is 4.99 Å². The van der Waals surface area contributed by atoms with Crippen LogP contribution in [0, 0.1) is 12.7 Å². The van der Waals surface area contributed by atoms with Gasteiger partial charge in [-0.05, 0) is 63.5 Å². The molecule has 0 amide bonds. The van der Waals surface area contributed by atoms with Crippen LogP contribution in [0.4, 0.5) is 15.8 Å². The quantitative estimate of drug-likeness (QED) is 0.591. The van der Waals surface area contributed by atoms with Crippen molar-refractivity contribution < 1.29 is 4.39 Å². The lowest BCUT2D eigenvalue weighted by Crippen LogP contribution is -2.45. The Hall–Kier alpha value is -2.42. The van der Waals surface area contributed by atoms with Gasteiger partial charge in [0.2, 0.25) is 0 Å². The Balaban J connectivity index is 2.04. The fraction of sp³-hybridized carbons (Fsp3) is 0.348. The van der Waals surface area contributed by atoms with Crippen LogP contribution in [0.15, 0.2) is 47.5 Å². The highest BCUT2D eigenvalue weighted by atomic mass is 19.1. The molecule has 3 heteroatoms. The molecule has 136 valence electrons. The maximum atomic E-state index is 14.8. The summed E-state index contributed by atoms with van der Waals surface area (Å²) in [5.41, 5.74) is 5.60. The van der Waals surface area contributed by atoms with Gasteiger partial charge in [-0.2, -0.15) is 0 Å². The fourth-order valence-corrected chi connectivity index (χ4v) is 3.69. The van der Waals surface area contributed by atoms with Crippen LogP contribution in [0.2, 0.25) is 0 Å². The van der Waals surface area contributed by atoms with Crippen molar-refractivity contribution in [2.24, 2.45) is 4.99 Å². The van der Waals surface area contributed by atoms with Crippen LogP contribution in [0.25, 0.3) is 5.57 Å². The second-order valence-corrected chi connectivity index (χ2v) is 7.57. The van der Waals surface area contributed by atoms with Gasteiger partial charge in [-0.15, -0.1) is 0 Å². The molecule has 2 nitrogen and oxygen atoms in total. The van der Waals surface area contributed by atoms with Gasteiger partial charge in [0.25, 0.3) is 0 Å². The lowest BCUT2D eigenvalue weighted by Gasteiger charge is -2.43. The standard InChI is InChI=1S/C23H27FN2/c1-6-11-26-22-13-20(24)18(12-19(22)17(3)14-23(26,4)5)15-25-21-10-8-7-9-16(21)2/h7-10,12-15H,6,11H2,1-5H3. The van der Waals surface area contributed by atoms with Crippen molar-refractivity contribution in [1.82, 2.24) is 0 Å². The summed E-state index contributed by atoms with van der Waals surface area (Å²) in [5.74, 6) is -0.229. The number of fused-ring (bicyclic) bond motifs is 1. The van der Waals surface area contributed by atoms with Crippen LogP contribution in [-0.2, 0) is 0 Å². The molecule has 0 unspecified atom stereocenters. The zero-order valence-corrected chi connectivity index (χ0v) is 16.3. The van der Waals surface area contributed by atoms with E-state index >= 15 is 0 Å². The van der Waals surface area contributed by atoms with Crippen LogP contribution < -0.4 is 4.90 Å². The fourth-order valence-electron chi connectivity index (χ4n) is 3.69. The summed E-state index contributed by atoms with van der Waals surface area (Å²) in [5, 5.41) is 0. The molecule has 0 radical (unpaired) electrons. The monoisotopic (exact) mass is 350 g/mol. The van der Waals surface area contributed by atoms with Gasteiger partial charge in [0.1, 0.15) is 5.82 Å². The molecule has 0 bridgehead atoms. The molecule has 0 atom stereocenters. The van der Waals surface area contributed by atoms with Crippen molar-refractivity contribution in [1.29, 1.82) is 0 Å². The molecule has 2 aromatic carbocycles. The number of hydrogen-bond donors (Lipinski definition) is 0. The summed E-state index contributed by atoms with van der Waals surface area (Å²) in [4.78, 5) is 6.79. The number of aryl methyl sites for hydroxylation is 1. The minimum atomic E-state index is -0.229. The number of rotatable bonds is 4. The van der Waals surface area contributed by atoms with E-state index in [1.807, 2.05) is 37.3 Å². The summed E-state index contributed by atoms with van der Waals surface area (Å²) >= 11 is 0. The molecule has 0 aromatic heterocycles. The van der Waals surface area contributed by atoms with E-state index in [1.165, 1.54) is 5.57 Å². The van der Waals surface area contributed by atoms with Gasteiger partial charge in [-0.25, -0.2) is 4.39 Å². The predicted octanol–water partition coefficient (Wildman–Crippen LogP) is 6.30. The largest absolute Gasteiger partial charge is 0.362 e. The molecule has 0 saturated carbocycles. The predicted molar refractivity (Wildman–Crippen MR) is 110 cm³/mol. The van der Waals surface area contributed by atoms with Crippen molar-refractivity contribution in [2.75, 3.05) is 11.4 Å². The lowest BCUT2D eigenvalue weighted by atomic mass is 9.87. The molecule has 1 heterocycles. The number of hydrogen-bond acceptors (Lipinski definition) is 2. The molecule has 0 aliphatic carbocycles. The highest BCUT2D eigenvalue weighted by Crippen LogP contribution is 2.40. The Morgan fingerprint density at radius 1 is 1.15 bits per heavy atom. The Labute approximate surface area is 156 Å². The second-order valence-electron chi connectivity index (χ2n) is 7.57. The summed E-state index contributed by atoms with van der Waals surface area (Å²) in [6.07, 6.45) is 4.92. The Kier molecular flexibility index (Phi) is 4.99. The SMILES string of the molecule is CCCN1c2cc(F)c(C=Nc3ccccc3C)cc2C(C)=CC1(C)C. The Morgan fingerprint density at radius 2 is 1.88 bits per heavy atom. The summed E-state index contributed by atoms with van der Waals surface area (Å²) in [6.45, 7) is 11.5. The normalized spacial score (nSPS) is 15.9. The first kappa shape index (κ1) is 18.4. The number of para-hydroxylation sites is 1. The highest BCUT2D eigenvalue weighted by Gasteiger charge is 2.31. The van der Waals surface area contributed by atoms with E-state index in [-0.39, 0.29) is 11.4 Å². The third-order valence-electron chi connectivity index (χ3n) is 5.00. The van der Waals surface area contributed by atoms with E-state index in [0.29, 0.717) is 5.56 Å². The number of allylic oxidation sites excluding steroid dienone is 1. The molecule has 0 fully saturated rings. The summed E-state index contributed by atoms with van der Waals surface area (Å²) in [7, 11) is 0. The number of halogens is 1. The molecule has 0 spiro atoms. The van der Waals surface area contributed by atoms with Crippen LogP contribution in [0.1, 0.15) is 50.8 Å². The van der Waals surface area contributed by atoms with E-state index in [2.05, 4.69) is 43.7 Å². The average molecular weight is 350 g/mol. The topological polar surface area (TPSA) is 15.6 Å².